The van der Waals surface area contributed by atoms with Crippen LogP contribution in [0.2, 0.25) is 0 Å². The van der Waals surface area contributed by atoms with Crippen LogP contribution in [0.5, 0.6) is 0 Å². The summed E-state index contributed by atoms with van der Waals surface area (Å²) in [6.45, 7) is 2.70. The topological polar surface area (TPSA) is 62.3 Å². The molecular weight excluding hydrogens is 450 g/mol. The van der Waals surface area contributed by atoms with Crippen molar-refractivity contribution in [3.8, 4) is 0 Å². The number of aromatic nitrogens is 1. The first-order valence-electron chi connectivity index (χ1n) is 9.72. The molecule has 1 aliphatic heterocycles. The average Bonchev–Trinajstić information content (AvgIpc) is 3.35. The molecule has 4 rings (SSSR count). The van der Waals surface area contributed by atoms with E-state index in [1.165, 1.54) is 0 Å². The van der Waals surface area contributed by atoms with Crippen molar-refractivity contribution in [3.05, 3.63) is 57.5 Å². The van der Waals surface area contributed by atoms with Crippen LogP contribution in [0, 0.1) is 6.92 Å². The lowest BCUT2D eigenvalue weighted by Crippen LogP contribution is -2.31. The molecule has 0 unspecified atom stereocenters. The summed E-state index contributed by atoms with van der Waals surface area (Å²) in [6.07, 6.45) is 2.28. The van der Waals surface area contributed by atoms with E-state index in [4.69, 9.17) is 4.98 Å². The Morgan fingerprint density at radius 1 is 1.24 bits per heavy atom. The number of para-hydroxylation sites is 1. The fourth-order valence-corrected chi connectivity index (χ4v) is 5.03. The SMILES string of the molecule is Cc1cc(NC(=O)CCC(=O)N2CCC[C@@H]2c2nc3ccccc3s2)ccc1Br. The molecule has 0 radical (unpaired) electrons. The Hall–Kier alpha value is -2.25. The molecule has 2 heterocycles. The highest BCUT2D eigenvalue weighted by atomic mass is 79.9. The van der Waals surface area contributed by atoms with Gasteiger partial charge < -0.3 is 10.2 Å². The molecule has 1 atom stereocenters. The predicted molar refractivity (Wildman–Crippen MR) is 120 cm³/mol. The normalized spacial score (nSPS) is 16.3. The zero-order valence-corrected chi connectivity index (χ0v) is 18.6. The van der Waals surface area contributed by atoms with Crippen LogP contribution >= 0.6 is 27.3 Å². The molecule has 0 spiro atoms. The maximum absolute atomic E-state index is 12.8. The maximum Gasteiger partial charge on any atom is 0.224 e. The first-order valence-corrected chi connectivity index (χ1v) is 11.3. The van der Waals surface area contributed by atoms with Crippen LogP contribution in [0.25, 0.3) is 10.2 Å². The van der Waals surface area contributed by atoms with Crippen LogP contribution in [0.1, 0.15) is 42.3 Å². The Morgan fingerprint density at radius 2 is 2.07 bits per heavy atom. The zero-order valence-electron chi connectivity index (χ0n) is 16.2. The van der Waals surface area contributed by atoms with Crippen molar-refractivity contribution in [2.75, 3.05) is 11.9 Å². The summed E-state index contributed by atoms with van der Waals surface area (Å²) < 4.78 is 2.14. The number of hydrogen-bond acceptors (Lipinski definition) is 4. The highest BCUT2D eigenvalue weighted by molar-refractivity contribution is 9.10. The number of fused-ring (bicyclic) bond motifs is 1. The van der Waals surface area contributed by atoms with Gasteiger partial charge in [0.2, 0.25) is 11.8 Å². The van der Waals surface area contributed by atoms with Gasteiger partial charge in [-0.15, -0.1) is 11.3 Å². The lowest BCUT2D eigenvalue weighted by Gasteiger charge is -2.23. The number of aryl methyl sites for hydroxylation is 1. The van der Waals surface area contributed by atoms with Crippen LogP contribution in [0.3, 0.4) is 0 Å². The van der Waals surface area contributed by atoms with Gasteiger partial charge in [0.1, 0.15) is 5.01 Å². The number of halogens is 1. The molecule has 7 heteroatoms. The van der Waals surface area contributed by atoms with Gasteiger partial charge in [-0.2, -0.15) is 0 Å². The third kappa shape index (κ3) is 4.51. The Bertz CT molecular complexity index is 1030. The number of nitrogens with zero attached hydrogens (tertiary/aromatic N) is 2. The number of nitrogens with one attached hydrogen (secondary N) is 1. The van der Waals surface area contributed by atoms with Crippen LogP contribution in [0.15, 0.2) is 46.9 Å². The van der Waals surface area contributed by atoms with Crippen molar-refractivity contribution in [3.63, 3.8) is 0 Å². The summed E-state index contributed by atoms with van der Waals surface area (Å²) in [5, 5.41) is 3.87. The number of thiazole rings is 1. The Morgan fingerprint density at radius 3 is 2.86 bits per heavy atom. The first kappa shape index (κ1) is 20.0. The fourth-order valence-electron chi connectivity index (χ4n) is 3.66. The number of anilines is 1. The minimum Gasteiger partial charge on any atom is -0.333 e. The second kappa shape index (κ2) is 8.63. The van der Waals surface area contributed by atoms with E-state index >= 15 is 0 Å². The van der Waals surface area contributed by atoms with E-state index in [-0.39, 0.29) is 30.7 Å². The summed E-state index contributed by atoms with van der Waals surface area (Å²) in [4.78, 5) is 31.7. The molecule has 150 valence electrons. The highest BCUT2D eigenvalue weighted by Gasteiger charge is 2.32. The van der Waals surface area contributed by atoms with Crippen molar-refractivity contribution in [1.82, 2.24) is 9.88 Å². The van der Waals surface area contributed by atoms with E-state index in [1.807, 2.05) is 48.2 Å². The monoisotopic (exact) mass is 471 g/mol. The van der Waals surface area contributed by atoms with Crippen molar-refractivity contribution in [2.24, 2.45) is 0 Å². The molecule has 1 N–H and O–H groups in total. The van der Waals surface area contributed by atoms with Gasteiger partial charge in [0.25, 0.3) is 0 Å². The largest absolute Gasteiger partial charge is 0.333 e. The van der Waals surface area contributed by atoms with Crippen molar-refractivity contribution >= 4 is 55.0 Å². The number of benzene rings is 2. The lowest BCUT2D eigenvalue weighted by molar-refractivity contribution is -0.133. The number of rotatable bonds is 5. The summed E-state index contributed by atoms with van der Waals surface area (Å²) in [6, 6.07) is 13.7. The van der Waals surface area contributed by atoms with E-state index in [0.29, 0.717) is 0 Å². The van der Waals surface area contributed by atoms with Gasteiger partial charge in [0.05, 0.1) is 16.3 Å². The molecule has 29 heavy (non-hydrogen) atoms. The second-order valence-corrected chi connectivity index (χ2v) is 9.19. The Kier molecular flexibility index (Phi) is 5.96. The van der Waals surface area contributed by atoms with Crippen molar-refractivity contribution < 1.29 is 9.59 Å². The summed E-state index contributed by atoms with van der Waals surface area (Å²) in [5.74, 6) is -0.121. The van der Waals surface area contributed by atoms with Crippen LogP contribution in [-0.4, -0.2) is 28.2 Å². The quantitative estimate of drug-likeness (QED) is 0.537. The van der Waals surface area contributed by atoms with Gasteiger partial charge in [-0.05, 0) is 55.7 Å². The van der Waals surface area contributed by atoms with Crippen molar-refractivity contribution in [2.45, 2.75) is 38.6 Å². The lowest BCUT2D eigenvalue weighted by atomic mass is 10.2. The van der Waals surface area contributed by atoms with Crippen LogP contribution in [-0.2, 0) is 9.59 Å². The fraction of sp³-hybridized carbons (Fsp3) is 0.318. The Labute approximate surface area is 182 Å². The molecule has 0 aliphatic carbocycles. The van der Waals surface area contributed by atoms with E-state index in [0.717, 1.165) is 50.3 Å². The summed E-state index contributed by atoms with van der Waals surface area (Å²) in [5.41, 5.74) is 2.78. The minimum atomic E-state index is -0.143. The third-order valence-corrected chi connectivity index (χ3v) is 7.20. The summed E-state index contributed by atoms with van der Waals surface area (Å²) in [7, 11) is 0. The van der Waals surface area contributed by atoms with E-state index in [1.54, 1.807) is 11.3 Å². The molecule has 5 nitrogen and oxygen atoms in total. The summed E-state index contributed by atoms with van der Waals surface area (Å²) >= 11 is 5.11. The number of amides is 2. The molecule has 2 amide bonds. The third-order valence-electron chi connectivity index (χ3n) is 5.18. The number of carbonyl (C=O) groups is 2. The van der Waals surface area contributed by atoms with E-state index in [2.05, 4.69) is 27.3 Å². The molecule has 0 bridgehead atoms. The van der Waals surface area contributed by atoms with Gasteiger partial charge in [-0.1, -0.05) is 28.1 Å². The molecule has 3 aromatic rings. The maximum atomic E-state index is 12.8. The molecular formula is C22H22BrN3O2S. The van der Waals surface area contributed by atoms with E-state index in [9.17, 15) is 9.59 Å². The number of likely N-dealkylation sites (tertiary alicyclic amines) is 1. The standard InChI is InChI=1S/C22H22BrN3O2S/c1-14-13-15(8-9-16(14)23)24-20(27)10-11-21(28)26-12-4-6-18(26)22-25-17-5-2-3-7-19(17)29-22/h2-3,5,7-9,13,18H,4,6,10-12H2,1H3,(H,24,27)/t18-/m1/s1. The Balaban J connectivity index is 1.37. The zero-order chi connectivity index (χ0) is 20.4. The highest BCUT2D eigenvalue weighted by Crippen LogP contribution is 2.36. The van der Waals surface area contributed by atoms with Gasteiger partial charge in [0, 0.05) is 29.5 Å². The molecule has 2 aromatic carbocycles. The molecule has 1 aliphatic rings. The molecule has 1 aromatic heterocycles. The van der Waals surface area contributed by atoms with Gasteiger partial charge >= 0.3 is 0 Å². The van der Waals surface area contributed by atoms with E-state index < -0.39 is 0 Å². The smallest absolute Gasteiger partial charge is 0.224 e. The van der Waals surface area contributed by atoms with Crippen LogP contribution < -0.4 is 5.32 Å². The average molecular weight is 472 g/mol. The predicted octanol–water partition coefficient (Wildman–Crippen LogP) is 5.45. The van der Waals surface area contributed by atoms with Gasteiger partial charge in [-0.25, -0.2) is 4.98 Å². The minimum absolute atomic E-state index is 0.0221. The number of hydrogen-bond donors (Lipinski definition) is 1. The molecule has 0 saturated carbocycles. The number of carbonyl (C=O) groups excluding carboxylic acids is 2. The first-order chi connectivity index (χ1) is 14.0. The second-order valence-electron chi connectivity index (χ2n) is 7.28. The molecule has 1 fully saturated rings. The van der Waals surface area contributed by atoms with Crippen LogP contribution in [0.4, 0.5) is 5.69 Å². The van der Waals surface area contributed by atoms with Gasteiger partial charge in [-0.3, -0.25) is 9.59 Å². The van der Waals surface area contributed by atoms with Gasteiger partial charge in [0.15, 0.2) is 0 Å². The molecule has 1 saturated heterocycles. The van der Waals surface area contributed by atoms with Crippen molar-refractivity contribution in [1.29, 1.82) is 0 Å².